The molecule has 1 fully saturated rings. The van der Waals surface area contributed by atoms with Crippen LogP contribution >= 0.6 is 0 Å². The molecule has 2 aromatic carbocycles. The van der Waals surface area contributed by atoms with E-state index in [1.807, 2.05) is 29.2 Å². The van der Waals surface area contributed by atoms with Gasteiger partial charge in [-0.1, -0.05) is 44.0 Å². The number of nitrogens with zero attached hydrogens (tertiary/aromatic N) is 2. The van der Waals surface area contributed by atoms with E-state index in [4.69, 9.17) is 14.2 Å². The van der Waals surface area contributed by atoms with E-state index < -0.39 is 0 Å². The van der Waals surface area contributed by atoms with Crippen molar-refractivity contribution in [1.29, 1.82) is 0 Å². The van der Waals surface area contributed by atoms with E-state index in [-0.39, 0.29) is 17.9 Å². The second kappa shape index (κ2) is 13.7. The molecular formula is C31H44N2O4. The number of unbranched alkanes of at least 4 members (excludes halogenated alkanes) is 1. The van der Waals surface area contributed by atoms with Gasteiger partial charge in [0.25, 0.3) is 5.91 Å². The van der Waals surface area contributed by atoms with Gasteiger partial charge in [0.05, 0.1) is 7.11 Å². The maximum atomic E-state index is 13.0. The average molecular weight is 509 g/mol. The number of para-hydroxylation sites is 1. The molecule has 0 radical (unpaired) electrons. The molecule has 0 bridgehead atoms. The summed E-state index contributed by atoms with van der Waals surface area (Å²) in [7, 11) is 1.63. The second-order valence-corrected chi connectivity index (χ2v) is 10.6. The van der Waals surface area contributed by atoms with Gasteiger partial charge in [-0.25, -0.2) is 0 Å². The van der Waals surface area contributed by atoms with Gasteiger partial charge in [0.2, 0.25) is 0 Å². The molecule has 0 atom stereocenters. The number of carbonyl (C=O) groups is 1. The van der Waals surface area contributed by atoms with Gasteiger partial charge in [-0.15, -0.1) is 0 Å². The van der Waals surface area contributed by atoms with Crippen molar-refractivity contribution >= 4 is 5.91 Å². The van der Waals surface area contributed by atoms with Crippen LogP contribution in [0, 0.1) is 5.41 Å². The Bertz CT molecular complexity index is 987. The summed E-state index contributed by atoms with van der Waals surface area (Å²) in [5.41, 5.74) is 1.59. The Morgan fingerprint density at radius 1 is 1.00 bits per heavy atom. The number of fused-ring (bicyclic) bond motifs is 1. The second-order valence-electron chi connectivity index (χ2n) is 10.6. The molecule has 2 heterocycles. The number of methoxy groups -OCH3 is 1. The van der Waals surface area contributed by atoms with Crippen LogP contribution in [0.2, 0.25) is 0 Å². The number of likely N-dealkylation sites (tertiary alicyclic amines) is 1. The number of amides is 1. The van der Waals surface area contributed by atoms with Crippen molar-refractivity contribution in [2.75, 3.05) is 53.0 Å². The molecular weight excluding hydrogens is 464 g/mol. The topological polar surface area (TPSA) is 51.2 Å². The van der Waals surface area contributed by atoms with Crippen molar-refractivity contribution in [3.8, 4) is 17.2 Å². The zero-order chi connectivity index (χ0) is 25.9. The monoisotopic (exact) mass is 508 g/mol. The van der Waals surface area contributed by atoms with Crippen LogP contribution in [-0.2, 0) is 11.2 Å². The Labute approximate surface area is 222 Å². The van der Waals surface area contributed by atoms with Crippen LogP contribution in [0.4, 0.5) is 0 Å². The molecule has 6 nitrogen and oxygen atoms in total. The fraction of sp³-hybridized carbons (Fsp3) is 0.581. The molecule has 2 aliphatic rings. The summed E-state index contributed by atoms with van der Waals surface area (Å²) in [5, 5.41) is 0. The van der Waals surface area contributed by atoms with Gasteiger partial charge in [0.1, 0.15) is 23.9 Å². The van der Waals surface area contributed by atoms with Gasteiger partial charge in [-0.05, 0) is 74.2 Å². The van der Waals surface area contributed by atoms with Crippen LogP contribution < -0.4 is 14.2 Å². The predicted molar refractivity (Wildman–Crippen MR) is 148 cm³/mol. The first-order valence-electron chi connectivity index (χ1n) is 14.1. The van der Waals surface area contributed by atoms with Crippen LogP contribution in [0.3, 0.4) is 0 Å². The third kappa shape index (κ3) is 7.88. The Hall–Kier alpha value is -2.73. The van der Waals surface area contributed by atoms with Gasteiger partial charge in [0, 0.05) is 32.2 Å². The standard InChI is InChI=1S/C31H44N2O4/c1-3-4-18-32-21-22-36-29-14-6-5-10-26(29)11-7-8-15-31(25-32)16-19-33(20-17-31)30(34)24-37-28-13-9-12-27(23-28)35-2/h5-6,9-10,12-14,23H,3-4,7-8,11,15-22,24-25H2,1-2H3. The lowest BCUT2D eigenvalue weighted by Gasteiger charge is -2.45. The predicted octanol–water partition coefficient (Wildman–Crippen LogP) is 5.59. The molecule has 0 N–H and O–H groups in total. The number of hydrogen-bond donors (Lipinski definition) is 0. The molecule has 1 saturated heterocycles. The summed E-state index contributed by atoms with van der Waals surface area (Å²) in [6, 6.07) is 15.9. The smallest absolute Gasteiger partial charge is 0.260 e. The van der Waals surface area contributed by atoms with Crippen LogP contribution in [0.1, 0.15) is 57.4 Å². The van der Waals surface area contributed by atoms with Gasteiger partial charge in [-0.3, -0.25) is 9.69 Å². The quantitative estimate of drug-likeness (QED) is 0.488. The highest BCUT2D eigenvalue weighted by Crippen LogP contribution is 2.38. The first-order valence-corrected chi connectivity index (χ1v) is 14.1. The lowest BCUT2D eigenvalue weighted by atomic mass is 9.73. The highest BCUT2D eigenvalue weighted by atomic mass is 16.5. The summed E-state index contributed by atoms with van der Waals surface area (Å²) >= 11 is 0. The maximum Gasteiger partial charge on any atom is 0.260 e. The summed E-state index contributed by atoms with van der Waals surface area (Å²) in [4.78, 5) is 17.6. The number of hydrogen-bond acceptors (Lipinski definition) is 5. The van der Waals surface area contributed by atoms with E-state index >= 15 is 0 Å². The van der Waals surface area contributed by atoms with Crippen molar-refractivity contribution in [2.24, 2.45) is 5.41 Å². The van der Waals surface area contributed by atoms with Gasteiger partial charge in [0.15, 0.2) is 6.61 Å². The number of piperidine rings is 1. The molecule has 2 aliphatic heterocycles. The fourth-order valence-electron chi connectivity index (χ4n) is 5.72. The van der Waals surface area contributed by atoms with E-state index in [1.165, 1.54) is 37.7 Å². The zero-order valence-electron chi connectivity index (χ0n) is 22.8. The molecule has 0 aliphatic carbocycles. The lowest BCUT2D eigenvalue weighted by Crippen LogP contribution is -2.49. The molecule has 0 unspecified atom stereocenters. The third-order valence-electron chi connectivity index (χ3n) is 8.01. The summed E-state index contributed by atoms with van der Waals surface area (Å²) in [5.74, 6) is 2.51. The van der Waals surface area contributed by atoms with Crippen molar-refractivity contribution in [1.82, 2.24) is 9.80 Å². The first kappa shape index (κ1) is 27.3. The minimum Gasteiger partial charge on any atom is -0.497 e. The molecule has 202 valence electrons. The van der Waals surface area contributed by atoms with Crippen molar-refractivity contribution in [2.45, 2.75) is 58.3 Å². The number of aryl methyl sites for hydroxylation is 1. The normalized spacial score (nSPS) is 18.7. The molecule has 1 amide bonds. The van der Waals surface area contributed by atoms with E-state index in [0.717, 1.165) is 70.1 Å². The lowest BCUT2D eigenvalue weighted by molar-refractivity contribution is -0.136. The fourth-order valence-corrected chi connectivity index (χ4v) is 5.72. The zero-order valence-corrected chi connectivity index (χ0v) is 22.8. The molecule has 37 heavy (non-hydrogen) atoms. The largest absolute Gasteiger partial charge is 0.497 e. The summed E-state index contributed by atoms with van der Waals surface area (Å²) < 4.78 is 17.3. The Balaban J connectivity index is 1.36. The summed E-state index contributed by atoms with van der Waals surface area (Å²) in [6.45, 7) is 7.83. The molecule has 2 aromatic rings. The molecule has 4 rings (SSSR count). The van der Waals surface area contributed by atoms with Gasteiger partial charge >= 0.3 is 0 Å². The first-order chi connectivity index (χ1) is 18.1. The van der Waals surface area contributed by atoms with Gasteiger partial charge in [-0.2, -0.15) is 0 Å². The number of rotatable bonds is 7. The maximum absolute atomic E-state index is 13.0. The Morgan fingerprint density at radius 2 is 1.81 bits per heavy atom. The van der Waals surface area contributed by atoms with Crippen LogP contribution in [0.5, 0.6) is 17.2 Å². The average Bonchev–Trinajstić information content (AvgIpc) is 2.93. The number of carbonyl (C=O) groups excluding carboxylic acids is 1. The van der Waals surface area contributed by atoms with Crippen LogP contribution in [0.15, 0.2) is 48.5 Å². The SMILES string of the molecule is CCCCN1CCOc2ccccc2CCCCC2(CCN(C(=O)COc3cccc(OC)c3)CC2)C1. The highest BCUT2D eigenvalue weighted by Gasteiger charge is 2.37. The highest BCUT2D eigenvalue weighted by molar-refractivity contribution is 5.77. The minimum atomic E-state index is 0.0682. The molecule has 6 heteroatoms. The molecule has 0 saturated carbocycles. The van der Waals surface area contributed by atoms with Crippen molar-refractivity contribution in [3.63, 3.8) is 0 Å². The third-order valence-corrected chi connectivity index (χ3v) is 8.01. The van der Waals surface area contributed by atoms with E-state index in [2.05, 4.69) is 36.1 Å². The Morgan fingerprint density at radius 3 is 2.62 bits per heavy atom. The molecule has 1 spiro atoms. The van der Waals surface area contributed by atoms with E-state index in [9.17, 15) is 4.79 Å². The Kier molecular flexibility index (Phi) is 10.1. The number of ether oxygens (including phenoxy) is 3. The van der Waals surface area contributed by atoms with Gasteiger partial charge < -0.3 is 19.1 Å². The summed E-state index contributed by atoms with van der Waals surface area (Å²) in [6.07, 6.45) is 9.19. The van der Waals surface area contributed by atoms with E-state index in [1.54, 1.807) is 7.11 Å². The minimum absolute atomic E-state index is 0.0682. The van der Waals surface area contributed by atoms with Crippen LogP contribution in [-0.4, -0.2) is 68.8 Å². The van der Waals surface area contributed by atoms with Crippen molar-refractivity contribution < 1.29 is 19.0 Å². The molecule has 0 aromatic heterocycles. The van der Waals surface area contributed by atoms with Crippen molar-refractivity contribution in [3.05, 3.63) is 54.1 Å². The number of benzene rings is 2. The van der Waals surface area contributed by atoms with E-state index in [0.29, 0.717) is 5.75 Å². The van der Waals surface area contributed by atoms with Crippen LogP contribution in [0.25, 0.3) is 0 Å².